The zero-order valence-electron chi connectivity index (χ0n) is 27.9. The van der Waals surface area contributed by atoms with Crippen LogP contribution in [0.1, 0.15) is 32.6 Å². The van der Waals surface area contributed by atoms with Crippen molar-refractivity contribution < 1.29 is 22.4 Å². The molecule has 0 aliphatic rings. The fourth-order valence-corrected chi connectivity index (χ4v) is 6.79. The van der Waals surface area contributed by atoms with E-state index >= 15 is 4.39 Å². The Labute approximate surface area is 301 Å². The first-order chi connectivity index (χ1) is 25.7. The maximum absolute atomic E-state index is 15.5. The Kier molecular flexibility index (Phi) is 8.42. The molecule has 0 spiro atoms. The van der Waals surface area contributed by atoms with Crippen molar-refractivity contribution in [2.75, 3.05) is 5.32 Å². The van der Waals surface area contributed by atoms with Crippen molar-refractivity contribution in [3.63, 3.8) is 0 Å². The lowest BCUT2D eigenvalue weighted by Crippen LogP contribution is -2.38. The molecule has 0 radical (unpaired) electrons. The first-order valence-electron chi connectivity index (χ1n) is 16.7. The van der Waals surface area contributed by atoms with Crippen LogP contribution < -0.4 is 5.32 Å². The highest BCUT2D eigenvalue weighted by molar-refractivity contribution is 6.04. The van der Waals surface area contributed by atoms with Crippen LogP contribution in [-0.2, 0) is 11.7 Å². The summed E-state index contributed by atoms with van der Waals surface area (Å²) in [5, 5.41) is 7.34. The van der Waals surface area contributed by atoms with Crippen LogP contribution >= 0.6 is 0 Å². The highest BCUT2D eigenvalue weighted by Crippen LogP contribution is 2.41. The molecule has 6 nitrogen and oxygen atoms in total. The van der Waals surface area contributed by atoms with Gasteiger partial charge >= 0.3 is 6.18 Å². The van der Waals surface area contributed by atoms with Crippen LogP contribution in [0.5, 0.6) is 0 Å². The lowest BCUT2D eigenvalue weighted by molar-refractivity contribution is -0.137. The van der Waals surface area contributed by atoms with Gasteiger partial charge in [0.15, 0.2) is 0 Å². The highest BCUT2D eigenvalue weighted by atomic mass is 19.4. The lowest BCUT2D eigenvalue weighted by atomic mass is 9.77. The van der Waals surface area contributed by atoms with Gasteiger partial charge in [0.2, 0.25) is 0 Å². The number of amides is 1. The number of carbonyl (C=O) groups excluding carboxylic acids is 1. The third kappa shape index (κ3) is 6.14. The van der Waals surface area contributed by atoms with E-state index in [2.05, 4.69) is 46.7 Å². The number of hydrogen-bond donors (Lipinski definition) is 1. The maximum Gasteiger partial charge on any atom is 0.416 e. The number of alkyl halides is 3. The Morgan fingerprint density at radius 3 is 1.81 bits per heavy atom. The van der Waals surface area contributed by atoms with E-state index in [1.807, 2.05) is 94.4 Å². The van der Waals surface area contributed by atoms with E-state index in [-0.39, 0.29) is 11.3 Å². The number of rotatable bonds is 8. The number of pyridine rings is 1. The van der Waals surface area contributed by atoms with Gasteiger partial charge < -0.3 is 5.32 Å². The Morgan fingerprint density at radius 2 is 1.21 bits per heavy atom. The molecule has 8 aromatic rings. The van der Waals surface area contributed by atoms with E-state index in [9.17, 15) is 18.0 Å². The van der Waals surface area contributed by atoms with Gasteiger partial charge in [-0.1, -0.05) is 103 Å². The van der Waals surface area contributed by atoms with Gasteiger partial charge in [0.05, 0.1) is 29.2 Å². The fourth-order valence-electron chi connectivity index (χ4n) is 6.79. The zero-order chi connectivity index (χ0) is 36.6. The van der Waals surface area contributed by atoms with Gasteiger partial charge in [-0.3, -0.25) is 13.9 Å². The molecule has 0 atom stereocenters. The summed E-state index contributed by atoms with van der Waals surface area (Å²) in [4.78, 5) is 17.4. The Balaban J connectivity index is 1.15. The van der Waals surface area contributed by atoms with Crippen molar-refractivity contribution in [3.05, 3.63) is 204 Å². The summed E-state index contributed by atoms with van der Waals surface area (Å²) in [6, 6.07) is 42.8. The third-order valence-corrected chi connectivity index (χ3v) is 9.30. The average Bonchev–Trinajstić information content (AvgIpc) is 3.84. The van der Waals surface area contributed by atoms with Crippen LogP contribution in [-0.4, -0.2) is 25.1 Å². The molecule has 53 heavy (non-hydrogen) atoms. The number of carbonyl (C=O) groups is 1. The van der Waals surface area contributed by atoms with Crippen LogP contribution in [0, 0.1) is 5.82 Å². The average molecular weight is 708 g/mol. The minimum absolute atomic E-state index is 0.0977. The molecule has 0 saturated heterocycles. The smallest absolute Gasteiger partial charge is 0.322 e. The second-order valence-corrected chi connectivity index (χ2v) is 12.5. The molecule has 1 N–H and O–H groups in total. The predicted molar refractivity (Wildman–Crippen MR) is 196 cm³/mol. The Hall–Kier alpha value is -6.81. The zero-order valence-corrected chi connectivity index (χ0v) is 27.9. The van der Waals surface area contributed by atoms with Crippen molar-refractivity contribution >= 4 is 17.2 Å². The molecule has 0 saturated carbocycles. The summed E-state index contributed by atoms with van der Waals surface area (Å²) in [5.41, 5.74) is 4.30. The fraction of sp³-hybridized carbons (Fsp3) is 0.0465. The van der Waals surface area contributed by atoms with Crippen LogP contribution in [0.2, 0.25) is 0 Å². The van der Waals surface area contributed by atoms with Crippen molar-refractivity contribution in [2.45, 2.75) is 11.7 Å². The number of aromatic nitrogens is 4. The highest BCUT2D eigenvalue weighted by Gasteiger charge is 2.39. The molecule has 8 rings (SSSR count). The number of halogens is 4. The minimum Gasteiger partial charge on any atom is -0.322 e. The van der Waals surface area contributed by atoms with E-state index < -0.39 is 29.0 Å². The largest absolute Gasteiger partial charge is 0.416 e. The third-order valence-electron chi connectivity index (χ3n) is 9.30. The number of imidazole rings is 1. The summed E-state index contributed by atoms with van der Waals surface area (Å²) < 4.78 is 58.8. The van der Waals surface area contributed by atoms with E-state index in [1.165, 1.54) is 24.3 Å². The van der Waals surface area contributed by atoms with Gasteiger partial charge in [0.25, 0.3) is 5.91 Å². The van der Waals surface area contributed by atoms with Crippen molar-refractivity contribution in [3.8, 4) is 22.4 Å². The van der Waals surface area contributed by atoms with E-state index in [0.717, 1.165) is 39.9 Å². The standard InChI is InChI=1S/C43H29F4N5O/c44-38-23-29(19-21-37(38)41(53)50-36-18-10-17-35(24-36)43(45,46)47)39-26-48-40-22-20-30(27-51(39)40)31-25-49-52(28-31)42(32-11-4-1-5-12-32,33-13-6-2-7-14-33)34-15-8-3-9-16-34/h1-28H,(H,50,53). The first kappa shape index (κ1) is 33.3. The topological polar surface area (TPSA) is 64.2 Å². The number of fused-ring (bicyclic) bond motifs is 1. The summed E-state index contributed by atoms with van der Waals surface area (Å²) >= 11 is 0. The van der Waals surface area contributed by atoms with Gasteiger partial charge in [-0.25, -0.2) is 9.37 Å². The van der Waals surface area contributed by atoms with Gasteiger partial charge in [0.1, 0.15) is 17.0 Å². The van der Waals surface area contributed by atoms with Crippen molar-refractivity contribution in [1.29, 1.82) is 0 Å². The van der Waals surface area contributed by atoms with Gasteiger partial charge in [0, 0.05) is 34.8 Å². The second kappa shape index (κ2) is 13.4. The molecule has 260 valence electrons. The second-order valence-electron chi connectivity index (χ2n) is 12.5. The summed E-state index contributed by atoms with van der Waals surface area (Å²) in [6.07, 6.45) is 2.77. The van der Waals surface area contributed by atoms with Gasteiger partial charge in [-0.05, 0) is 59.2 Å². The molecule has 0 aliphatic heterocycles. The number of anilines is 1. The minimum atomic E-state index is -4.58. The van der Waals surface area contributed by atoms with Crippen LogP contribution in [0.15, 0.2) is 170 Å². The molecule has 3 aromatic heterocycles. The first-order valence-corrected chi connectivity index (χ1v) is 16.7. The van der Waals surface area contributed by atoms with Gasteiger partial charge in [-0.2, -0.15) is 18.3 Å². The monoisotopic (exact) mass is 707 g/mol. The molecule has 5 aromatic carbocycles. The summed E-state index contributed by atoms with van der Waals surface area (Å²) in [7, 11) is 0. The predicted octanol–water partition coefficient (Wildman–Crippen LogP) is 10.1. The molecule has 0 unspecified atom stereocenters. The summed E-state index contributed by atoms with van der Waals surface area (Å²) in [5.74, 6) is -1.71. The van der Waals surface area contributed by atoms with Crippen LogP contribution in [0.3, 0.4) is 0 Å². The Morgan fingerprint density at radius 1 is 0.604 bits per heavy atom. The SMILES string of the molecule is O=C(Nc1cccc(C(F)(F)F)c1)c1ccc(-c2cnc3ccc(-c4cnn(C(c5ccccc5)(c5ccccc5)c5ccccc5)c4)cn23)cc1F. The summed E-state index contributed by atoms with van der Waals surface area (Å²) in [6.45, 7) is 0. The molecule has 10 heteroatoms. The van der Waals surface area contributed by atoms with Crippen molar-refractivity contribution in [1.82, 2.24) is 19.2 Å². The Bertz CT molecular complexity index is 2470. The molecule has 0 fully saturated rings. The quantitative estimate of drug-likeness (QED) is 0.126. The normalized spacial score (nSPS) is 11.8. The van der Waals surface area contributed by atoms with Crippen LogP contribution in [0.25, 0.3) is 28.0 Å². The van der Waals surface area contributed by atoms with Gasteiger partial charge in [-0.15, -0.1) is 0 Å². The number of hydrogen-bond acceptors (Lipinski definition) is 3. The molecular weight excluding hydrogens is 678 g/mol. The van der Waals surface area contributed by atoms with Crippen molar-refractivity contribution in [2.24, 2.45) is 0 Å². The molecular formula is C43H29F4N5O. The number of nitrogens with zero attached hydrogens (tertiary/aromatic N) is 4. The number of benzene rings is 5. The van der Waals surface area contributed by atoms with E-state index in [0.29, 0.717) is 16.9 Å². The molecule has 0 aliphatic carbocycles. The van der Waals surface area contributed by atoms with E-state index in [4.69, 9.17) is 5.10 Å². The van der Waals surface area contributed by atoms with E-state index in [1.54, 1.807) is 12.3 Å². The molecule has 1 amide bonds. The molecule has 3 heterocycles. The number of nitrogens with one attached hydrogen (secondary N) is 1. The lowest BCUT2D eigenvalue weighted by Gasteiger charge is -2.36. The van der Waals surface area contributed by atoms with Crippen LogP contribution in [0.4, 0.5) is 23.2 Å². The maximum atomic E-state index is 15.5. The molecule has 0 bridgehead atoms.